The highest BCUT2D eigenvalue weighted by molar-refractivity contribution is 7.91. The lowest BCUT2D eigenvalue weighted by atomic mass is 10.1. The lowest BCUT2D eigenvalue weighted by Crippen LogP contribution is -2.21. The van der Waals surface area contributed by atoms with Crippen LogP contribution in [0.2, 0.25) is 0 Å². The molecule has 3 aromatic rings. The van der Waals surface area contributed by atoms with Crippen LogP contribution in [0.15, 0.2) is 41.3 Å². The van der Waals surface area contributed by atoms with Gasteiger partial charge in [-0.3, -0.25) is 4.79 Å². The van der Waals surface area contributed by atoms with E-state index in [1.54, 1.807) is 0 Å². The van der Waals surface area contributed by atoms with Gasteiger partial charge < -0.3 is 14.8 Å². The summed E-state index contributed by atoms with van der Waals surface area (Å²) in [7, 11) is -3.24. The smallest absolute Gasteiger partial charge is 0.434 e. The van der Waals surface area contributed by atoms with Crippen molar-refractivity contribution in [3.63, 3.8) is 0 Å². The van der Waals surface area contributed by atoms with Crippen LogP contribution in [0, 0.1) is 23.3 Å². The van der Waals surface area contributed by atoms with Crippen LogP contribution in [0.3, 0.4) is 0 Å². The number of anilines is 1. The van der Waals surface area contributed by atoms with Crippen molar-refractivity contribution >= 4 is 21.3 Å². The molecular formula is C21H14F8N4O4S. The van der Waals surface area contributed by atoms with E-state index in [9.17, 15) is 44.1 Å². The van der Waals surface area contributed by atoms with E-state index >= 15 is 0 Å². The van der Waals surface area contributed by atoms with Gasteiger partial charge in [-0.2, -0.15) is 22.0 Å². The molecule has 1 heterocycles. The van der Waals surface area contributed by atoms with Gasteiger partial charge in [-0.25, -0.2) is 8.99 Å². The topological polar surface area (TPSA) is 114 Å². The Morgan fingerprint density at radius 3 is 2.18 bits per heavy atom. The van der Waals surface area contributed by atoms with Crippen molar-refractivity contribution in [1.29, 1.82) is 4.78 Å². The monoisotopic (exact) mass is 570 g/mol. The van der Waals surface area contributed by atoms with Crippen LogP contribution < -0.4 is 14.8 Å². The van der Waals surface area contributed by atoms with E-state index in [4.69, 9.17) is 9.52 Å². The molecule has 0 aliphatic rings. The molecule has 0 saturated heterocycles. The summed E-state index contributed by atoms with van der Waals surface area (Å²) >= 11 is 0. The Kier molecular flexibility index (Phi) is 7.54. The largest absolute Gasteiger partial charge is 0.573 e. The van der Waals surface area contributed by atoms with E-state index < -0.39 is 74.0 Å². The maximum atomic E-state index is 14.4. The van der Waals surface area contributed by atoms with E-state index in [-0.39, 0.29) is 10.6 Å². The summed E-state index contributed by atoms with van der Waals surface area (Å²) < 4.78 is 134. The van der Waals surface area contributed by atoms with Crippen molar-refractivity contribution in [1.82, 2.24) is 10.2 Å². The zero-order valence-corrected chi connectivity index (χ0v) is 19.7. The van der Waals surface area contributed by atoms with Gasteiger partial charge in [0.2, 0.25) is 11.6 Å². The molecule has 204 valence electrons. The molecule has 3 rings (SSSR count). The highest BCUT2D eigenvalue weighted by Gasteiger charge is 2.39. The average molecular weight is 570 g/mol. The number of benzene rings is 2. The molecule has 0 fully saturated rings. The van der Waals surface area contributed by atoms with E-state index in [1.807, 2.05) is 0 Å². The number of hydrogen-bond donors (Lipinski definition) is 2. The number of alkyl halides is 6. The Bertz CT molecular complexity index is 1510. The molecule has 1 atom stereocenters. The van der Waals surface area contributed by atoms with Gasteiger partial charge in [-0.1, -0.05) is 6.07 Å². The summed E-state index contributed by atoms with van der Waals surface area (Å²) in [6.07, 6.45) is -9.37. The molecule has 0 bridgehead atoms. The van der Waals surface area contributed by atoms with E-state index in [2.05, 4.69) is 20.3 Å². The van der Waals surface area contributed by atoms with Crippen molar-refractivity contribution in [3.05, 3.63) is 64.9 Å². The van der Waals surface area contributed by atoms with Gasteiger partial charge in [0, 0.05) is 16.8 Å². The summed E-state index contributed by atoms with van der Waals surface area (Å²) in [6, 6.07) is 5.80. The normalized spacial score (nSPS) is 13.5. The van der Waals surface area contributed by atoms with Crippen LogP contribution >= 0.6 is 0 Å². The lowest BCUT2D eigenvalue weighted by Gasteiger charge is -2.17. The van der Waals surface area contributed by atoms with Crippen molar-refractivity contribution in [2.24, 2.45) is 0 Å². The summed E-state index contributed by atoms with van der Waals surface area (Å²) in [4.78, 5) is 13.0. The molecule has 38 heavy (non-hydrogen) atoms. The minimum absolute atomic E-state index is 0.0222. The molecule has 0 spiro atoms. The van der Waals surface area contributed by atoms with Crippen LogP contribution in [-0.2, 0) is 15.9 Å². The molecular weight excluding hydrogens is 556 g/mol. The van der Waals surface area contributed by atoms with E-state index in [1.165, 1.54) is 18.2 Å². The number of nitrogens with zero attached hydrogens (tertiary/aromatic N) is 2. The van der Waals surface area contributed by atoms with Gasteiger partial charge in [0.25, 0.3) is 11.8 Å². The number of aromatic nitrogens is 2. The molecule has 0 saturated carbocycles. The molecule has 8 nitrogen and oxygen atoms in total. The number of carbonyl (C=O) groups is 1. The average Bonchev–Trinajstić information content (AvgIpc) is 2.77. The summed E-state index contributed by atoms with van der Waals surface area (Å²) in [5.74, 6) is -9.23. The summed E-state index contributed by atoms with van der Waals surface area (Å²) in [5, 5.41) is 8.27. The minimum atomic E-state index is -5.36. The third kappa shape index (κ3) is 6.45. The van der Waals surface area contributed by atoms with Crippen LogP contribution in [0.1, 0.15) is 21.6 Å². The Labute approximate surface area is 208 Å². The second-order valence-corrected chi connectivity index (χ2v) is 9.68. The first-order valence-corrected chi connectivity index (χ1v) is 11.9. The first-order chi connectivity index (χ1) is 17.4. The maximum Gasteiger partial charge on any atom is 0.573 e. The minimum Gasteiger partial charge on any atom is -0.434 e. The fourth-order valence-corrected chi connectivity index (χ4v) is 3.71. The second-order valence-electron chi connectivity index (χ2n) is 7.52. The third-order valence-corrected chi connectivity index (χ3v) is 5.82. The second kappa shape index (κ2) is 10.0. The highest BCUT2D eigenvalue weighted by atomic mass is 32.2. The van der Waals surface area contributed by atoms with Crippen molar-refractivity contribution in [2.75, 3.05) is 11.6 Å². The molecule has 2 aromatic carbocycles. The predicted molar refractivity (Wildman–Crippen MR) is 114 cm³/mol. The number of rotatable bonds is 6. The van der Waals surface area contributed by atoms with Crippen molar-refractivity contribution in [3.8, 4) is 17.4 Å². The number of ether oxygens (including phenoxy) is 2. The first-order valence-electron chi connectivity index (χ1n) is 9.89. The fourth-order valence-electron chi connectivity index (χ4n) is 3.02. The van der Waals surface area contributed by atoms with Crippen LogP contribution in [-0.4, -0.2) is 32.9 Å². The molecule has 0 aliphatic carbocycles. The number of amides is 1. The Morgan fingerprint density at radius 2 is 1.61 bits per heavy atom. The lowest BCUT2D eigenvalue weighted by molar-refractivity contribution is -0.275. The van der Waals surface area contributed by atoms with Gasteiger partial charge in [0.05, 0.1) is 9.73 Å². The zero-order valence-electron chi connectivity index (χ0n) is 18.9. The molecule has 0 aliphatic heterocycles. The quantitative estimate of drug-likeness (QED) is 0.349. The fraction of sp³-hybridized carbons (Fsp3) is 0.190. The van der Waals surface area contributed by atoms with Crippen LogP contribution in [0.5, 0.6) is 17.4 Å². The van der Waals surface area contributed by atoms with Gasteiger partial charge in [0.1, 0.15) is 5.56 Å². The molecule has 0 unspecified atom stereocenters. The number of hydrogen-bond acceptors (Lipinski definition) is 7. The zero-order chi connectivity index (χ0) is 28.6. The van der Waals surface area contributed by atoms with Crippen LogP contribution in [0.4, 0.5) is 40.8 Å². The van der Waals surface area contributed by atoms with Gasteiger partial charge >= 0.3 is 12.5 Å². The van der Waals surface area contributed by atoms with Gasteiger partial charge in [0.15, 0.2) is 17.2 Å². The van der Waals surface area contributed by atoms with Gasteiger partial charge in [-0.15, -0.1) is 23.4 Å². The molecule has 17 heteroatoms. The van der Waals surface area contributed by atoms with E-state index in [0.29, 0.717) is 12.1 Å². The Hall–Kier alpha value is -4.02. The summed E-state index contributed by atoms with van der Waals surface area (Å²) in [6.45, 7) is 0.815. The number of nitrogens with one attached hydrogen (secondary N) is 2. The summed E-state index contributed by atoms with van der Waals surface area (Å²) in [5.41, 5.74) is -3.49. The highest BCUT2D eigenvalue weighted by Crippen LogP contribution is 2.37. The van der Waals surface area contributed by atoms with Crippen LogP contribution in [0.25, 0.3) is 0 Å². The van der Waals surface area contributed by atoms with Crippen molar-refractivity contribution in [2.45, 2.75) is 24.4 Å². The molecule has 2 N–H and O–H groups in total. The van der Waals surface area contributed by atoms with E-state index in [0.717, 1.165) is 19.2 Å². The standard InChI is InChI=1S/C21H14F8N4O4S/c1-9-14(18(34)31-10-4-3-5-11(8-10)38(2,30)35)19(33-32-17(9)20(24,25)26)36-12-6-7-13(16(23)15(12)22)37-21(27,28)29/h3-8,30H,1-2H3,(H,31,34)/t38-/m1/s1. The number of halogens is 8. The predicted octanol–water partition coefficient (Wildman–Crippen LogP) is 6.06. The molecule has 0 radical (unpaired) electrons. The Balaban J connectivity index is 2.08. The van der Waals surface area contributed by atoms with Crippen molar-refractivity contribution < 1.29 is 53.6 Å². The molecule has 1 aromatic heterocycles. The first kappa shape index (κ1) is 28.5. The Morgan fingerprint density at radius 1 is 1.00 bits per heavy atom. The third-order valence-electron chi connectivity index (χ3n) is 4.67. The SMILES string of the molecule is Cc1c(C(F)(F)F)nnc(Oc2ccc(OC(F)(F)F)c(F)c2F)c1C(=O)Nc1cccc([S@](C)(=N)=O)c1. The molecule has 1 amide bonds. The van der Waals surface area contributed by atoms with Gasteiger partial charge in [-0.05, 0) is 42.8 Å². The number of carbonyl (C=O) groups excluding carboxylic acids is 1. The maximum absolute atomic E-state index is 14.4.